The number of carbonyl (C=O) groups excluding carboxylic acids is 2. The van der Waals surface area contributed by atoms with Crippen molar-refractivity contribution in [3.8, 4) is 0 Å². The van der Waals surface area contributed by atoms with E-state index < -0.39 is 18.3 Å². The highest BCUT2D eigenvalue weighted by atomic mass is 16.4. The summed E-state index contributed by atoms with van der Waals surface area (Å²) in [5.41, 5.74) is 0. The quantitative estimate of drug-likeness (QED) is 0.191. The van der Waals surface area contributed by atoms with E-state index in [2.05, 4.69) is 5.32 Å². The van der Waals surface area contributed by atoms with Gasteiger partial charge < -0.3 is 30.5 Å². The fourth-order valence-electron chi connectivity index (χ4n) is 2.56. The molecular weight excluding hydrogens is 326 g/mol. The molecule has 0 fully saturated rings. The predicted octanol–water partition coefficient (Wildman–Crippen LogP) is 0.668. The van der Waals surface area contributed by atoms with Gasteiger partial charge in [0.15, 0.2) is 0 Å². The summed E-state index contributed by atoms with van der Waals surface area (Å²) in [5.74, 6) is -0.184. The zero-order chi connectivity index (χ0) is 18.9. The minimum atomic E-state index is -1.39. The zero-order valence-electron chi connectivity index (χ0n) is 15.1. The third-order valence-electron chi connectivity index (χ3n) is 4.20. The number of unbranched alkanes of at least 4 members (excludes halogenated alkanes) is 8. The molecule has 7 nitrogen and oxygen atoms in total. The first kappa shape index (κ1) is 24.0. The van der Waals surface area contributed by atoms with E-state index in [0.717, 1.165) is 57.7 Å². The van der Waals surface area contributed by atoms with Crippen LogP contribution in [0.3, 0.4) is 0 Å². The van der Waals surface area contributed by atoms with Crippen LogP contribution < -0.4 is 5.32 Å². The molecule has 0 saturated carbocycles. The molecule has 7 heteroatoms. The average Bonchev–Trinajstić information content (AvgIpc) is 2.60. The number of aliphatic hydroxyl groups excluding tert-OH is 4. The Bertz CT molecular complexity index is 340. The van der Waals surface area contributed by atoms with Gasteiger partial charge in [0.1, 0.15) is 12.4 Å². The Hall–Kier alpha value is -1.02. The summed E-state index contributed by atoms with van der Waals surface area (Å²) < 4.78 is 0. The van der Waals surface area contributed by atoms with Crippen LogP contribution in [-0.4, -0.2) is 64.1 Å². The molecule has 0 saturated heterocycles. The van der Waals surface area contributed by atoms with Crippen LogP contribution in [0.4, 0.5) is 0 Å². The highest BCUT2D eigenvalue weighted by Crippen LogP contribution is 2.10. The van der Waals surface area contributed by atoms with Gasteiger partial charge in [0.25, 0.3) is 0 Å². The van der Waals surface area contributed by atoms with Gasteiger partial charge in [-0.25, -0.2) is 0 Å². The van der Waals surface area contributed by atoms with E-state index in [9.17, 15) is 24.9 Å². The van der Waals surface area contributed by atoms with Crippen molar-refractivity contribution < 1.29 is 30.0 Å². The Labute approximate surface area is 150 Å². The monoisotopic (exact) mass is 361 g/mol. The van der Waals surface area contributed by atoms with Crippen molar-refractivity contribution in [1.82, 2.24) is 5.32 Å². The highest BCUT2D eigenvalue weighted by Gasteiger charge is 2.24. The molecular formula is C18H35NO6. The minimum Gasteiger partial charge on any atom is -0.396 e. The smallest absolute Gasteiger partial charge is 0.220 e. The number of hydrogen-bond acceptors (Lipinski definition) is 6. The van der Waals surface area contributed by atoms with Crippen LogP contribution in [0.15, 0.2) is 0 Å². The first-order chi connectivity index (χ1) is 12.0. The third-order valence-corrected chi connectivity index (χ3v) is 4.20. The maximum Gasteiger partial charge on any atom is 0.220 e. The number of amides is 1. The summed E-state index contributed by atoms with van der Waals surface area (Å²) in [5, 5.41) is 40.0. The molecule has 0 heterocycles. The molecule has 1 amide bonds. The molecule has 0 bridgehead atoms. The first-order valence-electron chi connectivity index (χ1n) is 9.38. The molecule has 5 N–H and O–H groups in total. The van der Waals surface area contributed by atoms with Crippen LogP contribution in [0.25, 0.3) is 0 Å². The molecule has 0 aromatic heterocycles. The maximum atomic E-state index is 11.7. The van der Waals surface area contributed by atoms with E-state index in [-0.39, 0.29) is 25.5 Å². The number of rotatable bonds is 17. The van der Waals surface area contributed by atoms with Crippen LogP contribution >= 0.6 is 0 Å². The Morgan fingerprint density at radius 2 is 1.44 bits per heavy atom. The molecule has 0 rings (SSSR count). The number of hydrogen-bond donors (Lipinski definition) is 5. The van der Waals surface area contributed by atoms with E-state index in [1.165, 1.54) is 0 Å². The Morgan fingerprint density at radius 3 is 2.00 bits per heavy atom. The lowest BCUT2D eigenvalue weighted by molar-refractivity contribution is -0.122. The molecule has 25 heavy (non-hydrogen) atoms. The second-order valence-corrected chi connectivity index (χ2v) is 6.48. The van der Waals surface area contributed by atoms with Crippen LogP contribution in [-0.2, 0) is 9.59 Å². The Balaban J connectivity index is 3.53. The third kappa shape index (κ3) is 13.9. The van der Waals surface area contributed by atoms with Crippen molar-refractivity contribution >= 4 is 12.2 Å². The zero-order valence-corrected chi connectivity index (χ0v) is 15.1. The number of nitrogens with one attached hydrogen (secondary N) is 1. The van der Waals surface area contributed by atoms with Gasteiger partial charge in [0, 0.05) is 26.0 Å². The fourth-order valence-corrected chi connectivity index (χ4v) is 2.56. The number of carbonyl (C=O) groups is 2. The first-order valence-corrected chi connectivity index (χ1v) is 9.38. The summed E-state index contributed by atoms with van der Waals surface area (Å²) in [6, 6.07) is 0. The summed E-state index contributed by atoms with van der Waals surface area (Å²) >= 11 is 0. The van der Waals surface area contributed by atoms with Gasteiger partial charge in [-0.1, -0.05) is 38.5 Å². The van der Waals surface area contributed by atoms with Gasteiger partial charge in [-0.15, -0.1) is 0 Å². The van der Waals surface area contributed by atoms with E-state index in [1.807, 2.05) is 0 Å². The SMILES string of the molecule is O=CCCCCCCCCCCC(=O)NCC(O)C(O)C(O)CCO. The van der Waals surface area contributed by atoms with Crippen molar-refractivity contribution in [3.63, 3.8) is 0 Å². The minimum absolute atomic E-state index is 0.0245. The normalized spacial score (nSPS) is 14.7. The molecule has 0 aliphatic heterocycles. The van der Waals surface area contributed by atoms with Crippen molar-refractivity contribution in [3.05, 3.63) is 0 Å². The van der Waals surface area contributed by atoms with Crippen LogP contribution in [0.1, 0.15) is 70.6 Å². The predicted molar refractivity (Wildman–Crippen MR) is 95.0 cm³/mol. The van der Waals surface area contributed by atoms with Crippen molar-refractivity contribution in [2.45, 2.75) is 88.9 Å². The molecule has 0 radical (unpaired) electrons. The molecule has 0 aromatic rings. The van der Waals surface area contributed by atoms with Gasteiger partial charge in [0.2, 0.25) is 5.91 Å². The second-order valence-electron chi connectivity index (χ2n) is 6.48. The number of aliphatic hydroxyl groups is 4. The van der Waals surface area contributed by atoms with E-state index in [0.29, 0.717) is 12.8 Å². The standard InChI is InChI=1S/C18H35NO6/c20-12-9-7-5-3-1-2-4-6-8-10-17(24)19-14-16(23)18(25)15(22)11-13-21/h12,15-16,18,21-23,25H,1-11,13-14H2,(H,19,24). The molecule has 0 spiro atoms. The second kappa shape index (κ2) is 16.4. The topological polar surface area (TPSA) is 127 Å². The molecule has 3 atom stereocenters. The van der Waals surface area contributed by atoms with Gasteiger partial charge in [-0.05, 0) is 19.3 Å². The molecule has 0 aliphatic rings. The Kier molecular flexibility index (Phi) is 15.8. The molecule has 148 valence electrons. The van der Waals surface area contributed by atoms with Crippen molar-refractivity contribution in [1.29, 1.82) is 0 Å². The lowest BCUT2D eigenvalue weighted by Gasteiger charge is -2.22. The summed E-state index contributed by atoms with van der Waals surface area (Å²) in [6.07, 6.45) is 6.45. The fraction of sp³-hybridized carbons (Fsp3) is 0.889. The van der Waals surface area contributed by atoms with Gasteiger partial charge in [-0.2, -0.15) is 0 Å². The average molecular weight is 361 g/mol. The van der Waals surface area contributed by atoms with E-state index in [4.69, 9.17) is 5.11 Å². The van der Waals surface area contributed by atoms with Gasteiger partial charge in [-0.3, -0.25) is 4.79 Å². The van der Waals surface area contributed by atoms with Gasteiger partial charge in [0.05, 0.1) is 12.2 Å². The number of aldehydes is 1. The summed E-state index contributed by atoms with van der Waals surface area (Å²) in [7, 11) is 0. The van der Waals surface area contributed by atoms with Crippen LogP contribution in [0, 0.1) is 0 Å². The van der Waals surface area contributed by atoms with E-state index >= 15 is 0 Å². The van der Waals surface area contributed by atoms with Crippen LogP contribution in [0.5, 0.6) is 0 Å². The van der Waals surface area contributed by atoms with Gasteiger partial charge >= 0.3 is 0 Å². The Morgan fingerprint density at radius 1 is 0.880 bits per heavy atom. The highest BCUT2D eigenvalue weighted by molar-refractivity contribution is 5.75. The summed E-state index contributed by atoms with van der Waals surface area (Å²) in [6.45, 7) is -0.403. The lowest BCUT2D eigenvalue weighted by Crippen LogP contribution is -2.44. The molecule has 0 aromatic carbocycles. The van der Waals surface area contributed by atoms with Crippen LogP contribution in [0.2, 0.25) is 0 Å². The summed E-state index contributed by atoms with van der Waals surface area (Å²) in [4.78, 5) is 21.8. The van der Waals surface area contributed by atoms with Crippen molar-refractivity contribution in [2.75, 3.05) is 13.2 Å². The lowest BCUT2D eigenvalue weighted by atomic mass is 10.1. The maximum absolute atomic E-state index is 11.7. The largest absolute Gasteiger partial charge is 0.396 e. The molecule has 3 unspecified atom stereocenters. The molecule has 0 aliphatic carbocycles. The van der Waals surface area contributed by atoms with E-state index in [1.54, 1.807) is 0 Å². The van der Waals surface area contributed by atoms with Crippen molar-refractivity contribution in [2.24, 2.45) is 0 Å².